The van der Waals surface area contributed by atoms with Gasteiger partial charge in [-0.2, -0.15) is 0 Å². The highest BCUT2D eigenvalue weighted by atomic mass is 32.2. The molecule has 9 heteroatoms. The van der Waals surface area contributed by atoms with Crippen LogP contribution in [-0.2, 0) is 14.8 Å². The second-order valence-corrected chi connectivity index (χ2v) is 5.72. The van der Waals surface area contributed by atoms with Gasteiger partial charge in [-0.05, 0) is 38.1 Å². The first kappa shape index (κ1) is 15.1. The van der Waals surface area contributed by atoms with Gasteiger partial charge < -0.3 is 4.74 Å². The standard InChI is InChI=1S/C12H14N4O4S/c1-3-20-12(17)11-14-8(2)16(15-11)9-4-6-10(7-5-9)21(13,18)19/h4-7H,3H2,1-2H3,(H2,13,18,19). The van der Waals surface area contributed by atoms with Gasteiger partial charge in [-0.1, -0.05) is 0 Å². The van der Waals surface area contributed by atoms with E-state index >= 15 is 0 Å². The highest BCUT2D eigenvalue weighted by Crippen LogP contribution is 2.14. The van der Waals surface area contributed by atoms with Gasteiger partial charge in [-0.25, -0.2) is 28.0 Å². The first-order valence-corrected chi connectivity index (χ1v) is 7.61. The summed E-state index contributed by atoms with van der Waals surface area (Å²) >= 11 is 0. The molecule has 0 aliphatic rings. The molecular formula is C12H14N4O4S. The Morgan fingerprint density at radius 3 is 2.48 bits per heavy atom. The molecule has 0 amide bonds. The summed E-state index contributed by atoms with van der Waals surface area (Å²) in [5, 5.41) is 9.07. The third-order valence-electron chi connectivity index (χ3n) is 2.64. The number of carbonyl (C=O) groups excluding carboxylic acids is 1. The van der Waals surface area contributed by atoms with E-state index in [0.29, 0.717) is 11.5 Å². The van der Waals surface area contributed by atoms with Crippen LogP contribution in [0.25, 0.3) is 5.69 Å². The van der Waals surface area contributed by atoms with Crippen LogP contribution in [0.5, 0.6) is 0 Å². The van der Waals surface area contributed by atoms with Crippen LogP contribution in [0.1, 0.15) is 23.4 Å². The molecule has 2 N–H and O–H groups in total. The second-order valence-electron chi connectivity index (χ2n) is 4.15. The smallest absolute Gasteiger partial charge is 0.378 e. The Labute approximate surface area is 121 Å². The number of primary sulfonamides is 1. The molecule has 0 spiro atoms. The molecule has 2 aromatic rings. The molecule has 0 bridgehead atoms. The lowest BCUT2D eigenvalue weighted by Crippen LogP contribution is -2.12. The fourth-order valence-electron chi connectivity index (χ4n) is 1.69. The number of benzene rings is 1. The number of nitrogens with zero attached hydrogens (tertiary/aromatic N) is 3. The fourth-order valence-corrected chi connectivity index (χ4v) is 2.21. The minimum Gasteiger partial charge on any atom is -0.460 e. The van der Waals surface area contributed by atoms with E-state index in [1.54, 1.807) is 13.8 Å². The van der Waals surface area contributed by atoms with Crippen molar-refractivity contribution in [2.75, 3.05) is 6.61 Å². The SMILES string of the molecule is CCOC(=O)c1nc(C)n(-c2ccc(S(N)(=O)=O)cc2)n1. The normalized spacial score (nSPS) is 11.4. The van der Waals surface area contributed by atoms with E-state index in [-0.39, 0.29) is 17.3 Å². The minimum atomic E-state index is -3.75. The number of sulfonamides is 1. The average Bonchev–Trinajstić information content (AvgIpc) is 2.80. The van der Waals surface area contributed by atoms with Gasteiger partial charge in [0.25, 0.3) is 5.82 Å². The van der Waals surface area contributed by atoms with Gasteiger partial charge in [0, 0.05) is 0 Å². The third kappa shape index (κ3) is 3.26. The Bertz CT molecular complexity index is 765. The quantitative estimate of drug-likeness (QED) is 0.817. The molecule has 0 aliphatic heterocycles. The van der Waals surface area contributed by atoms with E-state index in [2.05, 4.69) is 10.1 Å². The van der Waals surface area contributed by atoms with Gasteiger partial charge in [0.1, 0.15) is 5.82 Å². The molecular weight excluding hydrogens is 296 g/mol. The van der Waals surface area contributed by atoms with Crippen molar-refractivity contribution in [1.82, 2.24) is 14.8 Å². The maximum Gasteiger partial charge on any atom is 0.378 e. The van der Waals surface area contributed by atoms with Crippen molar-refractivity contribution in [3.63, 3.8) is 0 Å². The first-order valence-electron chi connectivity index (χ1n) is 6.07. The molecule has 0 unspecified atom stereocenters. The highest BCUT2D eigenvalue weighted by molar-refractivity contribution is 7.89. The molecule has 0 aliphatic carbocycles. The van der Waals surface area contributed by atoms with Crippen molar-refractivity contribution < 1.29 is 17.9 Å². The maximum atomic E-state index is 11.6. The highest BCUT2D eigenvalue weighted by Gasteiger charge is 2.16. The number of carbonyl (C=O) groups is 1. The number of esters is 1. The number of ether oxygens (including phenoxy) is 1. The molecule has 1 heterocycles. The number of rotatable bonds is 4. The maximum absolute atomic E-state index is 11.6. The van der Waals surface area contributed by atoms with Crippen LogP contribution in [-0.4, -0.2) is 35.8 Å². The van der Waals surface area contributed by atoms with Crippen molar-refractivity contribution in [2.24, 2.45) is 5.14 Å². The third-order valence-corrected chi connectivity index (χ3v) is 3.57. The molecule has 21 heavy (non-hydrogen) atoms. The second kappa shape index (κ2) is 5.62. The molecule has 1 aromatic carbocycles. The predicted molar refractivity (Wildman–Crippen MR) is 73.4 cm³/mol. The van der Waals surface area contributed by atoms with E-state index in [9.17, 15) is 13.2 Å². The van der Waals surface area contributed by atoms with Gasteiger partial charge in [0.05, 0.1) is 17.2 Å². The number of aromatic nitrogens is 3. The number of aryl methyl sites for hydroxylation is 1. The van der Waals surface area contributed by atoms with Crippen LogP contribution in [0.3, 0.4) is 0 Å². The summed E-state index contributed by atoms with van der Waals surface area (Å²) in [6.07, 6.45) is 0. The average molecular weight is 310 g/mol. The zero-order valence-corrected chi connectivity index (χ0v) is 12.3. The molecule has 0 fully saturated rings. The van der Waals surface area contributed by atoms with Crippen LogP contribution in [0.15, 0.2) is 29.2 Å². The number of nitrogens with two attached hydrogens (primary N) is 1. The zero-order chi connectivity index (χ0) is 15.6. The van der Waals surface area contributed by atoms with E-state index in [1.807, 2.05) is 0 Å². The van der Waals surface area contributed by atoms with E-state index in [0.717, 1.165) is 0 Å². The Morgan fingerprint density at radius 2 is 1.95 bits per heavy atom. The Balaban J connectivity index is 2.36. The van der Waals surface area contributed by atoms with Gasteiger partial charge >= 0.3 is 5.97 Å². The van der Waals surface area contributed by atoms with E-state index < -0.39 is 16.0 Å². The van der Waals surface area contributed by atoms with Gasteiger partial charge in [0.15, 0.2) is 0 Å². The molecule has 0 radical (unpaired) electrons. The van der Waals surface area contributed by atoms with Crippen LogP contribution in [0, 0.1) is 6.92 Å². The summed E-state index contributed by atoms with van der Waals surface area (Å²) in [5.41, 5.74) is 0.558. The number of hydrogen-bond donors (Lipinski definition) is 1. The zero-order valence-electron chi connectivity index (χ0n) is 11.5. The summed E-state index contributed by atoms with van der Waals surface area (Å²) in [4.78, 5) is 15.6. The topological polar surface area (TPSA) is 117 Å². The lowest BCUT2D eigenvalue weighted by molar-refractivity contribution is 0.0512. The van der Waals surface area contributed by atoms with Crippen molar-refractivity contribution >= 4 is 16.0 Å². The molecule has 0 saturated heterocycles. The molecule has 112 valence electrons. The molecule has 0 saturated carbocycles. The van der Waals surface area contributed by atoms with Gasteiger partial charge in [-0.3, -0.25) is 0 Å². The summed E-state index contributed by atoms with van der Waals surface area (Å²) in [6, 6.07) is 5.76. The minimum absolute atomic E-state index is 0.00497. The molecule has 1 aromatic heterocycles. The molecule has 8 nitrogen and oxygen atoms in total. The summed E-state index contributed by atoms with van der Waals surface area (Å²) in [7, 11) is -3.75. The largest absolute Gasteiger partial charge is 0.460 e. The van der Waals surface area contributed by atoms with E-state index in [1.165, 1.54) is 28.9 Å². The Hall–Kier alpha value is -2.26. The summed E-state index contributed by atoms with van der Waals surface area (Å²) in [6.45, 7) is 3.59. The van der Waals surface area contributed by atoms with Gasteiger partial charge in [0.2, 0.25) is 10.0 Å². The Kier molecular flexibility index (Phi) is 4.05. The van der Waals surface area contributed by atoms with Gasteiger partial charge in [-0.15, -0.1) is 5.10 Å². The van der Waals surface area contributed by atoms with Crippen LogP contribution >= 0.6 is 0 Å². The monoisotopic (exact) mass is 310 g/mol. The summed E-state index contributed by atoms with van der Waals surface area (Å²) in [5.74, 6) is -0.188. The lowest BCUT2D eigenvalue weighted by Gasteiger charge is -2.03. The van der Waals surface area contributed by atoms with Crippen molar-refractivity contribution in [2.45, 2.75) is 18.7 Å². The van der Waals surface area contributed by atoms with Crippen molar-refractivity contribution in [3.05, 3.63) is 35.9 Å². The van der Waals surface area contributed by atoms with Crippen molar-refractivity contribution in [3.8, 4) is 5.69 Å². The summed E-state index contributed by atoms with van der Waals surface area (Å²) < 4.78 is 28.6. The first-order chi connectivity index (χ1) is 9.82. The van der Waals surface area contributed by atoms with Crippen LogP contribution in [0.4, 0.5) is 0 Å². The Morgan fingerprint density at radius 1 is 1.33 bits per heavy atom. The van der Waals surface area contributed by atoms with Crippen LogP contribution < -0.4 is 5.14 Å². The number of hydrogen-bond acceptors (Lipinski definition) is 6. The van der Waals surface area contributed by atoms with Crippen LogP contribution in [0.2, 0.25) is 0 Å². The lowest BCUT2D eigenvalue weighted by atomic mass is 10.3. The molecule has 0 atom stereocenters. The predicted octanol–water partition coefficient (Wildman–Crippen LogP) is 0.400. The molecule has 2 rings (SSSR count). The van der Waals surface area contributed by atoms with Crippen molar-refractivity contribution in [1.29, 1.82) is 0 Å². The fraction of sp³-hybridized carbons (Fsp3) is 0.250. The van der Waals surface area contributed by atoms with E-state index in [4.69, 9.17) is 9.88 Å².